The molecule has 0 aliphatic rings. The van der Waals surface area contributed by atoms with Gasteiger partial charge < -0.3 is 4.42 Å². The number of fused-ring (bicyclic) bond motifs is 1. The van der Waals surface area contributed by atoms with Gasteiger partial charge in [0.25, 0.3) is 5.69 Å². The van der Waals surface area contributed by atoms with E-state index in [1.165, 1.54) is 6.07 Å². The second-order valence-electron chi connectivity index (χ2n) is 7.88. The number of furan rings is 1. The highest BCUT2D eigenvalue weighted by Gasteiger charge is 2.17. The molecule has 0 aliphatic carbocycles. The van der Waals surface area contributed by atoms with Gasteiger partial charge >= 0.3 is 0 Å². The number of aromatic nitrogens is 2. The smallest absolute Gasteiger partial charge is 0.294 e. The summed E-state index contributed by atoms with van der Waals surface area (Å²) in [6, 6.07) is 24.5. The number of rotatable bonds is 8. The molecule has 0 saturated heterocycles. The van der Waals surface area contributed by atoms with Gasteiger partial charge in [-0.25, -0.2) is 9.67 Å². The fourth-order valence-electron chi connectivity index (χ4n) is 3.69. The maximum absolute atomic E-state index is 11.6. The molecule has 174 valence electrons. The Kier molecular flexibility index (Phi) is 6.45. The molecule has 0 saturated carbocycles. The topological polar surface area (TPSA) is 86.5 Å². The summed E-state index contributed by atoms with van der Waals surface area (Å²) in [5.41, 5.74) is 3.20. The van der Waals surface area contributed by atoms with Gasteiger partial charge in [0.05, 0.1) is 10.6 Å². The molecule has 8 heteroatoms. The van der Waals surface area contributed by atoms with Crippen LogP contribution in [0.25, 0.3) is 28.1 Å². The molecular formula is C27H22N4O3S. The van der Waals surface area contributed by atoms with Crippen molar-refractivity contribution in [1.29, 1.82) is 0 Å². The van der Waals surface area contributed by atoms with E-state index in [-0.39, 0.29) is 5.69 Å². The number of nitro benzene ring substituents is 1. The largest absolute Gasteiger partial charge is 0.454 e. The molecule has 0 bridgehead atoms. The molecule has 0 radical (unpaired) electrons. The van der Waals surface area contributed by atoms with Crippen LogP contribution in [0, 0.1) is 10.1 Å². The van der Waals surface area contributed by atoms with E-state index >= 15 is 0 Å². The lowest BCUT2D eigenvalue weighted by Gasteiger charge is -2.02. The molecule has 7 nitrogen and oxygen atoms in total. The first-order valence-electron chi connectivity index (χ1n) is 11.2. The molecular weight excluding hydrogens is 460 g/mol. The predicted octanol–water partition coefficient (Wildman–Crippen LogP) is 7.45. The Morgan fingerprint density at radius 1 is 1.09 bits per heavy atom. The summed E-state index contributed by atoms with van der Waals surface area (Å²) in [5.74, 6) is 1.53. The zero-order chi connectivity index (χ0) is 24.2. The summed E-state index contributed by atoms with van der Waals surface area (Å²) in [4.78, 5) is 16.7. The normalized spacial score (nSPS) is 11.5. The van der Waals surface area contributed by atoms with E-state index in [0.717, 1.165) is 33.7 Å². The number of thioether (sulfide) groups is 1. The van der Waals surface area contributed by atoms with Crippen LogP contribution in [0.4, 0.5) is 11.4 Å². The molecule has 2 aromatic heterocycles. The maximum atomic E-state index is 11.6. The summed E-state index contributed by atoms with van der Waals surface area (Å²) in [7, 11) is 0. The van der Waals surface area contributed by atoms with Crippen molar-refractivity contribution in [2.24, 2.45) is 4.99 Å². The zero-order valence-electron chi connectivity index (χ0n) is 19.0. The van der Waals surface area contributed by atoms with E-state index in [1.807, 2.05) is 66.9 Å². The average Bonchev–Trinajstić information content (AvgIpc) is 3.51. The fraction of sp³-hybridized carbons (Fsp3) is 0.111. The third kappa shape index (κ3) is 4.88. The van der Waals surface area contributed by atoms with E-state index in [9.17, 15) is 10.1 Å². The Morgan fingerprint density at radius 3 is 2.66 bits per heavy atom. The Balaban J connectivity index is 1.60. The monoisotopic (exact) mass is 482 g/mol. The first-order valence-corrected chi connectivity index (χ1v) is 12.2. The Bertz CT molecular complexity index is 1490. The van der Waals surface area contributed by atoms with E-state index in [2.05, 4.69) is 11.9 Å². The zero-order valence-corrected chi connectivity index (χ0v) is 19.8. The molecule has 0 spiro atoms. The highest BCUT2D eigenvalue weighted by Crippen LogP contribution is 2.34. The number of hydrogen-bond acceptors (Lipinski definition) is 6. The second-order valence-corrected chi connectivity index (χ2v) is 9.04. The number of aliphatic imine (C=N–C) groups is 1. The minimum absolute atomic E-state index is 0.0390. The molecule has 3 aromatic carbocycles. The van der Waals surface area contributed by atoms with Crippen LogP contribution >= 0.6 is 11.8 Å². The van der Waals surface area contributed by atoms with E-state index in [1.54, 1.807) is 34.8 Å². The number of hydrogen-bond donors (Lipinski definition) is 0. The van der Waals surface area contributed by atoms with Crippen LogP contribution in [0.15, 0.2) is 99.4 Å². The number of benzene rings is 3. The third-order valence-electron chi connectivity index (χ3n) is 5.38. The Labute approximate surface area is 206 Å². The third-order valence-corrected chi connectivity index (χ3v) is 6.58. The minimum atomic E-state index is -0.408. The van der Waals surface area contributed by atoms with Crippen molar-refractivity contribution in [2.75, 3.05) is 5.75 Å². The van der Waals surface area contributed by atoms with Gasteiger partial charge in [-0.2, -0.15) is 5.10 Å². The molecule has 0 amide bonds. The standard InChI is InChI=1S/C27H22N4O3S/c1-2-14-35-22-12-13-24(31(32)33)23(16-22)28-17-20-18-30(21-9-4-3-5-10-21)29-27(20)26-15-19-8-6-7-11-25(19)34-26/h3-13,15-18H,2,14H2,1H3. The quantitative estimate of drug-likeness (QED) is 0.0992. The molecule has 35 heavy (non-hydrogen) atoms. The summed E-state index contributed by atoms with van der Waals surface area (Å²) in [5, 5.41) is 17.4. The lowest BCUT2D eigenvalue weighted by molar-refractivity contribution is -0.384. The number of para-hydroxylation sites is 2. The molecule has 0 unspecified atom stereocenters. The molecule has 0 N–H and O–H groups in total. The highest BCUT2D eigenvalue weighted by molar-refractivity contribution is 7.99. The van der Waals surface area contributed by atoms with Crippen LogP contribution in [-0.4, -0.2) is 26.7 Å². The van der Waals surface area contributed by atoms with Crippen LogP contribution in [-0.2, 0) is 0 Å². The van der Waals surface area contributed by atoms with Crippen molar-refractivity contribution < 1.29 is 9.34 Å². The van der Waals surface area contributed by atoms with Crippen LogP contribution < -0.4 is 0 Å². The van der Waals surface area contributed by atoms with E-state index in [0.29, 0.717) is 22.7 Å². The van der Waals surface area contributed by atoms with Crippen LogP contribution in [0.1, 0.15) is 18.9 Å². The first kappa shape index (κ1) is 22.6. The predicted molar refractivity (Wildman–Crippen MR) is 140 cm³/mol. The first-order chi connectivity index (χ1) is 17.1. The van der Waals surface area contributed by atoms with Gasteiger partial charge in [-0.15, -0.1) is 11.8 Å². The maximum Gasteiger partial charge on any atom is 0.294 e. The second kappa shape index (κ2) is 9.99. The number of nitrogens with zero attached hydrogens (tertiary/aromatic N) is 4. The van der Waals surface area contributed by atoms with Crippen molar-refractivity contribution in [3.63, 3.8) is 0 Å². The van der Waals surface area contributed by atoms with Crippen molar-refractivity contribution >= 4 is 40.3 Å². The molecule has 2 heterocycles. The van der Waals surface area contributed by atoms with Gasteiger partial charge in [-0.1, -0.05) is 43.3 Å². The minimum Gasteiger partial charge on any atom is -0.454 e. The van der Waals surface area contributed by atoms with Crippen molar-refractivity contribution in [3.05, 3.63) is 101 Å². The summed E-state index contributed by atoms with van der Waals surface area (Å²) in [6.45, 7) is 2.10. The molecule has 0 atom stereocenters. The molecule has 0 fully saturated rings. The number of nitro groups is 1. The van der Waals surface area contributed by atoms with Gasteiger partial charge in [-0.3, -0.25) is 10.1 Å². The summed E-state index contributed by atoms with van der Waals surface area (Å²) in [6.07, 6.45) is 4.48. The van der Waals surface area contributed by atoms with Crippen molar-refractivity contribution in [2.45, 2.75) is 18.2 Å². The summed E-state index contributed by atoms with van der Waals surface area (Å²) >= 11 is 1.65. The SMILES string of the molecule is CCCSc1ccc([N+](=O)[O-])c(N=Cc2cn(-c3ccccc3)nc2-c2cc3ccccc3o2)c1. The van der Waals surface area contributed by atoms with Gasteiger partial charge in [0.2, 0.25) is 0 Å². The highest BCUT2D eigenvalue weighted by atomic mass is 32.2. The Hall–Kier alpha value is -4.17. The molecule has 0 aliphatic heterocycles. The van der Waals surface area contributed by atoms with Crippen LogP contribution in [0.2, 0.25) is 0 Å². The lowest BCUT2D eigenvalue weighted by Crippen LogP contribution is -1.93. The van der Waals surface area contributed by atoms with Crippen LogP contribution in [0.3, 0.4) is 0 Å². The summed E-state index contributed by atoms with van der Waals surface area (Å²) < 4.78 is 7.83. The van der Waals surface area contributed by atoms with Gasteiger partial charge in [0.1, 0.15) is 17.0 Å². The van der Waals surface area contributed by atoms with E-state index < -0.39 is 4.92 Å². The average molecular weight is 483 g/mol. The van der Waals surface area contributed by atoms with Crippen LogP contribution in [0.5, 0.6) is 0 Å². The fourth-order valence-corrected chi connectivity index (χ4v) is 4.49. The Morgan fingerprint density at radius 2 is 1.89 bits per heavy atom. The molecule has 5 aromatic rings. The van der Waals surface area contributed by atoms with Crippen molar-refractivity contribution in [3.8, 4) is 17.1 Å². The van der Waals surface area contributed by atoms with Gasteiger partial charge in [0, 0.05) is 34.3 Å². The lowest BCUT2D eigenvalue weighted by atomic mass is 10.2. The van der Waals surface area contributed by atoms with Crippen molar-refractivity contribution in [1.82, 2.24) is 9.78 Å². The van der Waals surface area contributed by atoms with Gasteiger partial charge in [-0.05, 0) is 48.6 Å². The van der Waals surface area contributed by atoms with E-state index in [4.69, 9.17) is 9.52 Å². The van der Waals surface area contributed by atoms with Gasteiger partial charge in [0.15, 0.2) is 5.76 Å². The molecule has 5 rings (SSSR count).